The zero-order valence-electron chi connectivity index (χ0n) is 12.9. The molecule has 2 heterocycles. The maximum atomic E-state index is 9.93. The molecule has 118 valence electrons. The Balaban J connectivity index is 1.83. The van der Waals surface area contributed by atoms with Gasteiger partial charge in [0.1, 0.15) is 6.07 Å². The Kier molecular flexibility index (Phi) is 3.88. The fourth-order valence-electron chi connectivity index (χ4n) is 3.72. The van der Waals surface area contributed by atoms with Gasteiger partial charge in [0.25, 0.3) is 0 Å². The molecular weight excluding hydrogens is 306 g/mol. The summed E-state index contributed by atoms with van der Waals surface area (Å²) in [6.45, 7) is 0. The lowest BCUT2D eigenvalue weighted by Gasteiger charge is -2.28. The van der Waals surface area contributed by atoms with Crippen molar-refractivity contribution in [3.05, 3.63) is 29.5 Å². The van der Waals surface area contributed by atoms with E-state index in [0.717, 1.165) is 54.4 Å². The number of nitrogens with one attached hydrogen (secondary N) is 1. The summed E-state index contributed by atoms with van der Waals surface area (Å²) in [6, 6.07) is 6.70. The smallest absolute Gasteiger partial charge is 0.103 e. The Hall–Kier alpha value is -1.77. The van der Waals surface area contributed by atoms with E-state index in [-0.39, 0.29) is 12.1 Å². The normalized spacial score (nSPS) is 23.5. The second kappa shape index (κ2) is 6.03. The highest BCUT2D eigenvalue weighted by atomic mass is 32.2. The number of aryl methyl sites for hydroxylation is 1. The Morgan fingerprint density at radius 3 is 3.09 bits per heavy atom. The van der Waals surface area contributed by atoms with Crippen molar-refractivity contribution in [1.82, 2.24) is 4.98 Å². The minimum absolute atomic E-state index is 0.223. The molecule has 4 nitrogen and oxygen atoms in total. The molecule has 0 spiro atoms. The van der Waals surface area contributed by atoms with Gasteiger partial charge in [0.15, 0.2) is 0 Å². The number of aliphatic hydroxyl groups is 1. The first-order valence-corrected chi connectivity index (χ1v) is 9.17. The van der Waals surface area contributed by atoms with Crippen molar-refractivity contribution in [2.75, 3.05) is 11.1 Å². The first-order chi connectivity index (χ1) is 11.3. The van der Waals surface area contributed by atoms with Gasteiger partial charge in [-0.1, -0.05) is 0 Å². The number of nitriles is 1. The van der Waals surface area contributed by atoms with E-state index in [0.29, 0.717) is 5.56 Å². The molecule has 2 atom stereocenters. The number of fused-ring (bicyclic) bond motifs is 3. The average Bonchev–Trinajstić information content (AvgIpc) is 3.03. The summed E-state index contributed by atoms with van der Waals surface area (Å²) < 4.78 is 0. The molecular formula is C18H19N3OS. The highest BCUT2D eigenvalue weighted by Crippen LogP contribution is 2.40. The van der Waals surface area contributed by atoms with Gasteiger partial charge in [0.05, 0.1) is 22.9 Å². The van der Waals surface area contributed by atoms with Gasteiger partial charge >= 0.3 is 0 Å². The first kappa shape index (κ1) is 14.8. The van der Waals surface area contributed by atoms with E-state index in [2.05, 4.69) is 28.5 Å². The monoisotopic (exact) mass is 325 g/mol. The zero-order valence-corrected chi connectivity index (χ0v) is 13.7. The SMILES string of the molecule is N#Cc1cnc2ccc3c(c2c1NC1CCCC(O)C1)CCS3. The summed E-state index contributed by atoms with van der Waals surface area (Å²) in [5, 5.41) is 24.1. The standard InChI is InChI=1S/C18H19N3OS/c19-9-11-10-20-15-4-5-16-14(6-7-23-16)17(15)18(11)21-12-2-1-3-13(22)8-12/h4-5,10,12-13,22H,1-3,6-8H2,(H,20,21). The lowest BCUT2D eigenvalue weighted by atomic mass is 9.92. The Bertz CT molecular complexity index is 799. The van der Waals surface area contributed by atoms with Crippen molar-refractivity contribution in [1.29, 1.82) is 5.26 Å². The number of pyridine rings is 1. The number of hydrogen-bond acceptors (Lipinski definition) is 5. The van der Waals surface area contributed by atoms with Crippen LogP contribution < -0.4 is 5.32 Å². The third-order valence-electron chi connectivity index (χ3n) is 4.83. The Morgan fingerprint density at radius 2 is 2.26 bits per heavy atom. The van der Waals surface area contributed by atoms with E-state index >= 15 is 0 Å². The number of rotatable bonds is 2. The zero-order chi connectivity index (χ0) is 15.8. The number of hydrogen-bond donors (Lipinski definition) is 2. The van der Waals surface area contributed by atoms with Crippen LogP contribution in [0.2, 0.25) is 0 Å². The average molecular weight is 325 g/mol. The molecule has 1 aromatic heterocycles. The minimum atomic E-state index is -0.235. The molecule has 0 amide bonds. The predicted molar refractivity (Wildman–Crippen MR) is 92.8 cm³/mol. The molecule has 0 saturated heterocycles. The van der Waals surface area contributed by atoms with Crippen LogP contribution in [-0.2, 0) is 6.42 Å². The second-order valence-electron chi connectivity index (χ2n) is 6.36. The van der Waals surface area contributed by atoms with Crippen LogP contribution in [0.4, 0.5) is 5.69 Å². The molecule has 1 aliphatic heterocycles. The first-order valence-electron chi connectivity index (χ1n) is 8.18. The number of benzene rings is 1. The molecule has 1 aliphatic carbocycles. The summed E-state index contributed by atoms with van der Waals surface area (Å²) in [7, 11) is 0. The van der Waals surface area contributed by atoms with Crippen molar-refractivity contribution >= 4 is 28.4 Å². The molecule has 0 bridgehead atoms. The van der Waals surface area contributed by atoms with Gasteiger partial charge in [-0.2, -0.15) is 5.26 Å². The molecule has 4 rings (SSSR count). The van der Waals surface area contributed by atoms with E-state index in [4.69, 9.17) is 0 Å². The van der Waals surface area contributed by atoms with E-state index in [1.165, 1.54) is 10.5 Å². The molecule has 0 radical (unpaired) electrons. The van der Waals surface area contributed by atoms with Crippen LogP contribution in [0.25, 0.3) is 10.9 Å². The Morgan fingerprint density at radius 1 is 1.35 bits per heavy atom. The number of anilines is 1. The highest BCUT2D eigenvalue weighted by Gasteiger charge is 2.24. The maximum absolute atomic E-state index is 9.93. The van der Waals surface area contributed by atoms with Gasteiger partial charge < -0.3 is 10.4 Å². The lowest BCUT2D eigenvalue weighted by molar-refractivity contribution is 0.124. The molecule has 1 aromatic carbocycles. The van der Waals surface area contributed by atoms with Crippen LogP contribution in [-0.4, -0.2) is 28.0 Å². The number of nitrogens with zero attached hydrogens (tertiary/aromatic N) is 2. The second-order valence-corrected chi connectivity index (χ2v) is 7.49. The number of aliphatic hydroxyl groups excluding tert-OH is 1. The highest BCUT2D eigenvalue weighted by molar-refractivity contribution is 7.99. The predicted octanol–water partition coefficient (Wildman–Crippen LogP) is 3.47. The van der Waals surface area contributed by atoms with Crippen molar-refractivity contribution in [3.8, 4) is 6.07 Å². The van der Waals surface area contributed by atoms with Gasteiger partial charge in [-0.15, -0.1) is 11.8 Å². The topological polar surface area (TPSA) is 68.9 Å². The molecule has 1 fully saturated rings. The van der Waals surface area contributed by atoms with Crippen molar-refractivity contribution in [3.63, 3.8) is 0 Å². The van der Waals surface area contributed by atoms with Crippen molar-refractivity contribution in [2.45, 2.75) is 49.1 Å². The maximum Gasteiger partial charge on any atom is 0.103 e. The molecule has 1 saturated carbocycles. The van der Waals surface area contributed by atoms with Crippen molar-refractivity contribution < 1.29 is 5.11 Å². The quantitative estimate of drug-likeness (QED) is 0.885. The van der Waals surface area contributed by atoms with E-state index in [9.17, 15) is 10.4 Å². The molecule has 2 aliphatic rings. The molecule has 23 heavy (non-hydrogen) atoms. The van der Waals surface area contributed by atoms with Crippen molar-refractivity contribution in [2.24, 2.45) is 0 Å². The van der Waals surface area contributed by atoms with Gasteiger partial charge in [0.2, 0.25) is 0 Å². The summed E-state index contributed by atoms with van der Waals surface area (Å²) in [5.74, 6) is 1.09. The van der Waals surface area contributed by atoms with Crippen LogP contribution in [0, 0.1) is 11.3 Å². The number of thioether (sulfide) groups is 1. The van der Waals surface area contributed by atoms with Crippen LogP contribution in [0.3, 0.4) is 0 Å². The molecule has 2 aromatic rings. The molecule has 5 heteroatoms. The summed E-state index contributed by atoms with van der Waals surface area (Å²) in [4.78, 5) is 5.78. The van der Waals surface area contributed by atoms with Crippen LogP contribution >= 0.6 is 11.8 Å². The third-order valence-corrected chi connectivity index (χ3v) is 5.93. The van der Waals surface area contributed by atoms with Gasteiger partial charge in [-0.3, -0.25) is 4.98 Å². The van der Waals surface area contributed by atoms with E-state index in [1.807, 2.05) is 11.8 Å². The van der Waals surface area contributed by atoms with E-state index in [1.54, 1.807) is 6.20 Å². The Labute approximate surface area is 139 Å². The largest absolute Gasteiger partial charge is 0.393 e. The van der Waals surface area contributed by atoms with Crippen LogP contribution in [0.5, 0.6) is 0 Å². The van der Waals surface area contributed by atoms with E-state index < -0.39 is 0 Å². The van der Waals surface area contributed by atoms with Gasteiger partial charge in [-0.05, 0) is 49.8 Å². The fraction of sp³-hybridized carbons (Fsp3) is 0.444. The van der Waals surface area contributed by atoms with Gasteiger partial charge in [0, 0.05) is 28.3 Å². The summed E-state index contributed by atoms with van der Waals surface area (Å²) >= 11 is 1.87. The summed E-state index contributed by atoms with van der Waals surface area (Å²) in [5.41, 5.74) is 3.78. The minimum Gasteiger partial charge on any atom is -0.393 e. The van der Waals surface area contributed by atoms with Gasteiger partial charge in [-0.25, -0.2) is 0 Å². The lowest BCUT2D eigenvalue weighted by Crippen LogP contribution is -2.30. The van der Waals surface area contributed by atoms with Crippen LogP contribution in [0.1, 0.15) is 36.8 Å². The fourth-order valence-corrected chi connectivity index (χ4v) is 4.79. The van der Waals surface area contributed by atoms with Crippen LogP contribution in [0.15, 0.2) is 23.2 Å². The number of aromatic nitrogens is 1. The molecule has 2 unspecified atom stereocenters. The summed E-state index contributed by atoms with van der Waals surface area (Å²) in [6.07, 6.45) is 6.15. The molecule has 2 N–H and O–H groups in total. The third kappa shape index (κ3) is 2.66.